The monoisotopic (exact) mass is 308 g/mol. The number of nitrogens with two attached hydrogens (primary N) is 1. The first-order valence-corrected chi connectivity index (χ1v) is 8.70. The molecule has 0 spiro atoms. The Bertz CT molecular complexity index is 518. The van der Waals surface area contributed by atoms with Crippen LogP contribution in [-0.4, -0.2) is 41.5 Å². The molecule has 116 valence electrons. The molecule has 0 bridgehead atoms. The Labute approximate surface area is 130 Å². The van der Waals surface area contributed by atoms with E-state index in [0.717, 1.165) is 37.6 Å². The maximum absolute atomic E-state index is 12.8. The summed E-state index contributed by atoms with van der Waals surface area (Å²) in [5.41, 5.74) is 6.02. The minimum absolute atomic E-state index is 0.0756. The molecule has 0 unspecified atom stereocenters. The van der Waals surface area contributed by atoms with Crippen molar-refractivity contribution < 1.29 is 4.79 Å². The van der Waals surface area contributed by atoms with Crippen molar-refractivity contribution in [3.05, 3.63) is 4.88 Å². The Morgan fingerprint density at radius 1 is 1.43 bits per heavy atom. The molecule has 1 saturated heterocycles. The quantitative estimate of drug-likeness (QED) is 0.908. The lowest BCUT2D eigenvalue weighted by Crippen LogP contribution is -2.36. The lowest BCUT2D eigenvalue weighted by molar-refractivity contribution is 0.0728. The van der Waals surface area contributed by atoms with Gasteiger partial charge < -0.3 is 15.5 Å². The minimum atomic E-state index is 0.0756. The topological polar surface area (TPSA) is 62.5 Å². The van der Waals surface area contributed by atoms with E-state index >= 15 is 0 Å². The highest BCUT2D eigenvalue weighted by Crippen LogP contribution is 2.34. The summed E-state index contributed by atoms with van der Waals surface area (Å²) < 4.78 is 0. The van der Waals surface area contributed by atoms with Crippen LogP contribution in [0.15, 0.2) is 0 Å². The Balaban J connectivity index is 1.79. The van der Waals surface area contributed by atoms with Gasteiger partial charge in [0.2, 0.25) is 0 Å². The molecule has 1 aromatic rings. The number of carbonyl (C=O) groups excluding carboxylic acids is 1. The number of hydrogen-bond acceptors (Lipinski definition) is 5. The number of thiazole rings is 1. The number of rotatable bonds is 5. The summed E-state index contributed by atoms with van der Waals surface area (Å²) in [6.45, 7) is 7.15. The number of anilines is 2. The number of aromatic nitrogens is 1. The zero-order valence-corrected chi connectivity index (χ0v) is 13.7. The third-order valence-electron chi connectivity index (χ3n) is 4.02. The minimum Gasteiger partial charge on any atom is -0.382 e. The largest absolute Gasteiger partial charge is 0.382 e. The average Bonchev–Trinajstić information content (AvgIpc) is 2.98. The first-order chi connectivity index (χ1) is 10.1. The van der Waals surface area contributed by atoms with E-state index in [1.165, 1.54) is 24.2 Å². The van der Waals surface area contributed by atoms with E-state index in [9.17, 15) is 4.79 Å². The molecule has 1 aliphatic carbocycles. The second kappa shape index (κ2) is 5.83. The zero-order valence-electron chi connectivity index (χ0n) is 12.8. The smallest absolute Gasteiger partial charge is 0.268 e. The van der Waals surface area contributed by atoms with Crippen molar-refractivity contribution in [2.24, 2.45) is 5.92 Å². The number of nitrogen functional groups attached to an aromatic ring is 1. The standard InChI is InChI=1S/C15H24N4OS/c1-10(2)9-19(11-5-6-11)14(20)12-13(16)17-15(21-12)18-7-3-4-8-18/h10-11H,3-9,16H2,1-2H3. The van der Waals surface area contributed by atoms with Crippen LogP contribution in [0.2, 0.25) is 0 Å². The van der Waals surface area contributed by atoms with Crippen molar-refractivity contribution >= 4 is 28.2 Å². The van der Waals surface area contributed by atoms with E-state index in [1.54, 1.807) is 0 Å². The van der Waals surface area contributed by atoms with Gasteiger partial charge in [-0.15, -0.1) is 0 Å². The van der Waals surface area contributed by atoms with E-state index in [1.807, 2.05) is 4.90 Å². The maximum atomic E-state index is 12.8. The van der Waals surface area contributed by atoms with Gasteiger partial charge in [0.25, 0.3) is 5.91 Å². The molecule has 1 aliphatic heterocycles. The highest BCUT2D eigenvalue weighted by Gasteiger charge is 2.35. The zero-order chi connectivity index (χ0) is 15.0. The summed E-state index contributed by atoms with van der Waals surface area (Å²) in [6.07, 6.45) is 4.64. The summed E-state index contributed by atoms with van der Waals surface area (Å²) in [7, 11) is 0. The van der Waals surface area contributed by atoms with Gasteiger partial charge in [0.15, 0.2) is 5.13 Å². The van der Waals surface area contributed by atoms with Crippen molar-refractivity contribution in [3.63, 3.8) is 0 Å². The molecule has 2 heterocycles. The van der Waals surface area contributed by atoms with Crippen molar-refractivity contribution in [2.45, 2.75) is 45.6 Å². The molecule has 3 rings (SSSR count). The van der Waals surface area contributed by atoms with Crippen molar-refractivity contribution in [1.82, 2.24) is 9.88 Å². The van der Waals surface area contributed by atoms with Crippen LogP contribution in [0.5, 0.6) is 0 Å². The van der Waals surface area contributed by atoms with Crippen LogP contribution in [0.1, 0.15) is 49.2 Å². The average molecular weight is 308 g/mol. The Morgan fingerprint density at radius 3 is 2.67 bits per heavy atom. The second-order valence-corrected chi connectivity index (χ2v) is 7.47. The lowest BCUT2D eigenvalue weighted by atomic mass is 10.2. The molecule has 2 fully saturated rings. The SMILES string of the molecule is CC(C)CN(C(=O)c1sc(N2CCCC2)nc1N)C1CC1. The van der Waals surface area contributed by atoms with Gasteiger partial charge in [-0.1, -0.05) is 25.2 Å². The van der Waals surface area contributed by atoms with E-state index in [4.69, 9.17) is 5.73 Å². The molecule has 2 aliphatic rings. The van der Waals surface area contributed by atoms with Crippen LogP contribution in [0.25, 0.3) is 0 Å². The molecule has 1 aromatic heterocycles. The van der Waals surface area contributed by atoms with Crippen LogP contribution in [0.4, 0.5) is 10.9 Å². The second-order valence-electron chi connectivity index (χ2n) is 6.49. The fourth-order valence-corrected chi connectivity index (χ4v) is 3.82. The van der Waals surface area contributed by atoms with Crippen LogP contribution in [0, 0.1) is 5.92 Å². The Morgan fingerprint density at radius 2 is 2.10 bits per heavy atom. The van der Waals surface area contributed by atoms with Crippen LogP contribution < -0.4 is 10.6 Å². The first kappa shape index (κ1) is 14.6. The Hall–Kier alpha value is -1.30. The van der Waals surface area contributed by atoms with Gasteiger partial charge in [0, 0.05) is 25.7 Å². The maximum Gasteiger partial charge on any atom is 0.268 e. The van der Waals surface area contributed by atoms with Crippen molar-refractivity contribution in [2.75, 3.05) is 30.3 Å². The number of amides is 1. The molecule has 21 heavy (non-hydrogen) atoms. The van der Waals surface area contributed by atoms with Gasteiger partial charge >= 0.3 is 0 Å². The van der Waals surface area contributed by atoms with Crippen molar-refractivity contribution in [1.29, 1.82) is 0 Å². The number of nitrogens with zero attached hydrogens (tertiary/aromatic N) is 3. The highest BCUT2D eigenvalue weighted by molar-refractivity contribution is 7.18. The van der Waals surface area contributed by atoms with Crippen LogP contribution in [0.3, 0.4) is 0 Å². The number of hydrogen-bond donors (Lipinski definition) is 1. The molecule has 2 N–H and O–H groups in total. The van der Waals surface area contributed by atoms with E-state index in [-0.39, 0.29) is 5.91 Å². The molecular weight excluding hydrogens is 284 g/mol. The molecule has 0 aromatic carbocycles. The molecule has 1 saturated carbocycles. The predicted octanol–water partition coefficient (Wildman–Crippen LogP) is 2.59. The highest BCUT2D eigenvalue weighted by atomic mass is 32.1. The summed E-state index contributed by atoms with van der Waals surface area (Å²) in [6, 6.07) is 0.414. The summed E-state index contributed by atoms with van der Waals surface area (Å²) in [5, 5.41) is 0.911. The van der Waals surface area contributed by atoms with Gasteiger partial charge in [-0.3, -0.25) is 4.79 Å². The van der Waals surface area contributed by atoms with E-state index in [0.29, 0.717) is 22.7 Å². The van der Waals surface area contributed by atoms with E-state index in [2.05, 4.69) is 23.7 Å². The molecule has 0 atom stereocenters. The van der Waals surface area contributed by atoms with Gasteiger partial charge in [-0.2, -0.15) is 0 Å². The van der Waals surface area contributed by atoms with Gasteiger partial charge in [0.1, 0.15) is 10.7 Å². The normalized spacial score (nSPS) is 18.5. The molecule has 1 amide bonds. The Kier molecular flexibility index (Phi) is 4.06. The molecule has 5 nitrogen and oxygen atoms in total. The van der Waals surface area contributed by atoms with Crippen LogP contribution >= 0.6 is 11.3 Å². The third-order valence-corrected chi connectivity index (χ3v) is 5.14. The lowest BCUT2D eigenvalue weighted by Gasteiger charge is -2.23. The third kappa shape index (κ3) is 3.15. The molecular formula is C15H24N4OS. The summed E-state index contributed by atoms with van der Waals surface area (Å²) in [4.78, 5) is 22.1. The first-order valence-electron chi connectivity index (χ1n) is 7.88. The van der Waals surface area contributed by atoms with E-state index < -0.39 is 0 Å². The van der Waals surface area contributed by atoms with Gasteiger partial charge in [-0.05, 0) is 31.6 Å². The van der Waals surface area contributed by atoms with Gasteiger partial charge in [-0.25, -0.2) is 4.98 Å². The number of carbonyl (C=O) groups is 1. The van der Waals surface area contributed by atoms with Crippen molar-refractivity contribution in [3.8, 4) is 0 Å². The molecule has 0 radical (unpaired) electrons. The van der Waals surface area contributed by atoms with Crippen LogP contribution in [-0.2, 0) is 0 Å². The fourth-order valence-electron chi connectivity index (χ4n) is 2.82. The summed E-state index contributed by atoms with van der Waals surface area (Å²) in [5.74, 6) is 0.953. The molecule has 6 heteroatoms. The van der Waals surface area contributed by atoms with Gasteiger partial charge in [0.05, 0.1) is 0 Å². The summed E-state index contributed by atoms with van der Waals surface area (Å²) >= 11 is 1.46. The predicted molar refractivity (Wildman–Crippen MR) is 86.9 cm³/mol. The fraction of sp³-hybridized carbons (Fsp3) is 0.733.